The molecule has 0 radical (unpaired) electrons. The number of nitrogens with one attached hydrogen (secondary N) is 1. The topological polar surface area (TPSA) is 118 Å². The molecule has 1 aromatic rings. The number of pyridine rings is 1. The molecule has 1 aliphatic heterocycles. The summed E-state index contributed by atoms with van der Waals surface area (Å²) in [4.78, 5) is 27.1. The Labute approximate surface area is 134 Å². The first kappa shape index (κ1) is 16.4. The zero-order valence-electron chi connectivity index (χ0n) is 11.7. The van der Waals surface area contributed by atoms with Crippen LogP contribution in [0.2, 0.25) is 0 Å². The SMILES string of the molecule is CO[C@@H]1CN(c2c(Br)cncc2[N+](=O)[O-])CC[C@@H]1NC(=O)O. The van der Waals surface area contributed by atoms with Crippen molar-refractivity contribution in [3.63, 3.8) is 0 Å². The fraction of sp³-hybridized carbons (Fsp3) is 0.500. The van der Waals surface area contributed by atoms with Crippen LogP contribution in [-0.4, -0.2) is 53.5 Å². The van der Waals surface area contributed by atoms with Gasteiger partial charge >= 0.3 is 11.8 Å². The van der Waals surface area contributed by atoms with Crippen molar-refractivity contribution in [1.29, 1.82) is 0 Å². The van der Waals surface area contributed by atoms with Gasteiger partial charge in [-0.15, -0.1) is 0 Å². The highest BCUT2D eigenvalue weighted by molar-refractivity contribution is 9.10. The van der Waals surface area contributed by atoms with E-state index in [4.69, 9.17) is 9.84 Å². The number of anilines is 1. The Kier molecular flexibility index (Phi) is 5.14. The van der Waals surface area contributed by atoms with Crippen LogP contribution >= 0.6 is 15.9 Å². The first-order chi connectivity index (χ1) is 10.4. The third-order valence-corrected chi connectivity index (χ3v) is 4.12. The van der Waals surface area contributed by atoms with Crippen LogP contribution in [-0.2, 0) is 4.74 Å². The fourth-order valence-electron chi connectivity index (χ4n) is 2.55. The summed E-state index contributed by atoms with van der Waals surface area (Å²) in [7, 11) is 1.49. The van der Waals surface area contributed by atoms with Gasteiger partial charge in [0.1, 0.15) is 11.9 Å². The summed E-state index contributed by atoms with van der Waals surface area (Å²) < 4.78 is 5.84. The molecular weight excluding hydrogens is 360 g/mol. The van der Waals surface area contributed by atoms with E-state index >= 15 is 0 Å². The van der Waals surface area contributed by atoms with Crippen LogP contribution in [0.1, 0.15) is 6.42 Å². The highest BCUT2D eigenvalue weighted by Gasteiger charge is 2.34. The Morgan fingerprint density at radius 2 is 2.36 bits per heavy atom. The van der Waals surface area contributed by atoms with Crippen LogP contribution in [0.3, 0.4) is 0 Å². The molecule has 22 heavy (non-hydrogen) atoms. The quantitative estimate of drug-likeness (QED) is 0.606. The summed E-state index contributed by atoms with van der Waals surface area (Å²) in [5.74, 6) is 0. The smallest absolute Gasteiger partial charge is 0.404 e. The molecule has 9 nitrogen and oxygen atoms in total. The van der Waals surface area contributed by atoms with Crippen LogP contribution in [0.25, 0.3) is 0 Å². The van der Waals surface area contributed by atoms with Crippen LogP contribution in [0, 0.1) is 10.1 Å². The van der Waals surface area contributed by atoms with Gasteiger partial charge in [0.05, 0.1) is 21.5 Å². The molecule has 0 unspecified atom stereocenters. The minimum absolute atomic E-state index is 0.103. The van der Waals surface area contributed by atoms with Gasteiger partial charge in [-0.25, -0.2) is 4.79 Å². The molecule has 120 valence electrons. The predicted octanol–water partition coefficient (Wildman–Crippen LogP) is 1.61. The number of nitro groups is 1. The maximum atomic E-state index is 11.2. The third kappa shape index (κ3) is 3.45. The number of rotatable bonds is 4. The molecule has 0 aromatic carbocycles. The van der Waals surface area contributed by atoms with E-state index in [1.165, 1.54) is 19.5 Å². The second kappa shape index (κ2) is 6.88. The molecule has 1 aliphatic rings. The number of piperidine rings is 1. The summed E-state index contributed by atoms with van der Waals surface area (Å²) in [6, 6.07) is -0.349. The Bertz CT molecular complexity index is 585. The van der Waals surface area contributed by atoms with Crippen LogP contribution < -0.4 is 10.2 Å². The zero-order valence-corrected chi connectivity index (χ0v) is 13.3. The summed E-state index contributed by atoms with van der Waals surface area (Å²) in [6.07, 6.45) is 1.66. The Morgan fingerprint density at radius 1 is 1.64 bits per heavy atom. The van der Waals surface area contributed by atoms with Gasteiger partial charge in [0.2, 0.25) is 0 Å². The number of hydrogen-bond donors (Lipinski definition) is 2. The van der Waals surface area contributed by atoms with Crippen molar-refractivity contribution in [2.75, 3.05) is 25.1 Å². The number of methoxy groups -OCH3 is 1. The molecule has 0 bridgehead atoms. The van der Waals surface area contributed by atoms with Gasteiger partial charge in [-0.3, -0.25) is 15.1 Å². The van der Waals surface area contributed by atoms with Crippen molar-refractivity contribution in [2.45, 2.75) is 18.6 Å². The van der Waals surface area contributed by atoms with Crippen LogP contribution in [0.5, 0.6) is 0 Å². The largest absolute Gasteiger partial charge is 0.465 e. The van der Waals surface area contributed by atoms with Crippen LogP contribution in [0.15, 0.2) is 16.9 Å². The molecule has 1 aromatic heterocycles. The van der Waals surface area contributed by atoms with E-state index in [9.17, 15) is 14.9 Å². The lowest BCUT2D eigenvalue weighted by molar-refractivity contribution is -0.384. The average molecular weight is 375 g/mol. The van der Waals surface area contributed by atoms with E-state index in [1.54, 1.807) is 4.90 Å². The second-order valence-electron chi connectivity index (χ2n) is 4.81. The summed E-state index contributed by atoms with van der Waals surface area (Å²) >= 11 is 3.29. The number of nitrogens with zero attached hydrogens (tertiary/aromatic N) is 3. The van der Waals surface area contributed by atoms with E-state index in [0.29, 0.717) is 29.7 Å². The number of aromatic nitrogens is 1. The fourth-order valence-corrected chi connectivity index (χ4v) is 3.12. The van der Waals surface area contributed by atoms with Crippen LogP contribution in [0.4, 0.5) is 16.2 Å². The van der Waals surface area contributed by atoms with Gasteiger partial charge in [0, 0.05) is 26.4 Å². The van der Waals surface area contributed by atoms with Crippen molar-refractivity contribution in [1.82, 2.24) is 10.3 Å². The molecule has 1 amide bonds. The van der Waals surface area contributed by atoms with E-state index in [2.05, 4.69) is 26.2 Å². The van der Waals surface area contributed by atoms with Gasteiger partial charge in [-0.1, -0.05) is 0 Å². The van der Waals surface area contributed by atoms with E-state index < -0.39 is 17.1 Å². The van der Waals surface area contributed by atoms with Crippen molar-refractivity contribution >= 4 is 33.4 Å². The van der Waals surface area contributed by atoms with E-state index in [1.807, 2.05) is 0 Å². The molecule has 2 heterocycles. The maximum Gasteiger partial charge on any atom is 0.404 e. The highest BCUT2D eigenvalue weighted by atomic mass is 79.9. The first-order valence-corrected chi connectivity index (χ1v) is 7.28. The highest BCUT2D eigenvalue weighted by Crippen LogP contribution is 2.36. The molecule has 2 atom stereocenters. The van der Waals surface area contributed by atoms with Gasteiger partial charge < -0.3 is 20.1 Å². The lowest BCUT2D eigenvalue weighted by Gasteiger charge is -2.38. The Morgan fingerprint density at radius 3 is 2.95 bits per heavy atom. The minimum Gasteiger partial charge on any atom is -0.465 e. The van der Waals surface area contributed by atoms with E-state index in [0.717, 1.165) is 0 Å². The molecule has 0 aliphatic carbocycles. The van der Waals surface area contributed by atoms with Gasteiger partial charge in [0.25, 0.3) is 0 Å². The Hall–Kier alpha value is -1.94. The molecule has 10 heteroatoms. The summed E-state index contributed by atoms with van der Waals surface area (Å²) in [5, 5.41) is 22.4. The third-order valence-electron chi connectivity index (χ3n) is 3.54. The molecule has 0 saturated carbocycles. The molecule has 2 N–H and O–H groups in total. The standard InChI is InChI=1S/C12H15BrN4O5/c1-22-10-6-16(3-2-8(10)15-12(18)19)11-7(13)4-14-5-9(11)17(20)21/h4-5,8,10,15H,2-3,6H2,1H3,(H,18,19)/t8-,10+/m0/s1. The normalized spacial score (nSPS) is 21.5. The summed E-state index contributed by atoms with van der Waals surface area (Å²) in [6.45, 7) is 0.805. The molecule has 0 spiro atoms. The van der Waals surface area contributed by atoms with Crippen molar-refractivity contribution in [2.24, 2.45) is 0 Å². The lowest BCUT2D eigenvalue weighted by atomic mass is 10.0. The Balaban J connectivity index is 2.25. The average Bonchev–Trinajstić information content (AvgIpc) is 2.47. The number of ether oxygens (including phenoxy) is 1. The predicted molar refractivity (Wildman–Crippen MR) is 81.2 cm³/mol. The van der Waals surface area contributed by atoms with Gasteiger partial charge in [0.15, 0.2) is 0 Å². The molecular formula is C12H15BrN4O5. The number of halogens is 1. The molecule has 1 saturated heterocycles. The van der Waals surface area contributed by atoms with Gasteiger partial charge in [-0.05, 0) is 22.4 Å². The number of amides is 1. The number of hydrogen-bond acceptors (Lipinski definition) is 6. The van der Waals surface area contributed by atoms with Crippen molar-refractivity contribution in [3.8, 4) is 0 Å². The van der Waals surface area contributed by atoms with Crippen molar-refractivity contribution in [3.05, 3.63) is 27.0 Å². The molecule has 2 rings (SSSR count). The molecule has 1 fully saturated rings. The van der Waals surface area contributed by atoms with E-state index in [-0.39, 0.29) is 11.7 Å². The number of carboxylic acid groups (broad SMARTS) is 1. The maximum absolute atomic E-state index is 11.2. The summed E-state index contributed by atoms with van der Waals surface area (Å²) in [5.41, 5.74) is 0.324. The monoisotopic (exact) mass is 374 g/mol. The van der Waals surface area contributed by atoms with Crippen molar-refractivity contribution < 1.29 is 19.6 Å². The van der Waals surface area contributed by atoms with Gasteiger partial charge in [-0.2, -0.15) is 0 Å². The lowest BCUT2D eigenvalue weighted by Crippen LogP contribution is -2.54. The first-order valence-electron chi connectivity index (χ1n) is 6.49. The second-order valence-corrected chi connectivity index (χ2v) is 5.67. The minimum atomic E-state index is -1.11. The number of carbonyl (C=O) groups is 1. The zero-order chi connectivity index (χ0) is 16.3.